The predicted molar refractivity (Wildman–Crippen MR) is 119 cm³/mol. The molecule has 5 rings (SSSR count). The van der Waals surface area contributed by atoms with Crippen LogP contribution in [0.2, 0.25) is 0 Å². The number of nitrogens with one attached hydrogen (secondary N) is 2. The Labute approximate surface area is 189 Å². The summed E-state index contributed by atoms with van der Waals surface area (Å²) in [6.07, 6.45) is 3.94. The standard InChI is InChI=1S/C21H24F2N6O3S/c22-15-2-1-3-16(23)18(15)27-21-26-17-12-24-20(25-13-4-8-32-9-5-13)28-19(17)29(21)14-6-10-33(30,31)11-7-14/h1-3,12-14H,4-11H2,(H,26,27)(H,24,25,28). The van der Waals surface area contributed by atoms with E-state index in [1.165, 1.54) is 6.07 Å². The summed E-state index contributed by atoms with van der Waals surface area (Å²) in [5.74, 6) is -0.842. The van der Waals surface area contributed by atoms with Gasteiger partial charge in [-0.3, -0.25) is 4.57 Å². The first-order chi connectivity index (χ1) is 15.9. The van der Waals surface area contributed by atoms with Gasteiger partial charge in [0.2, 0.25) is 11.9 Å². The number of imidazole rings is 1. The number of halogens is 2. The molecule has 1 aromatic carbocycles. The van der Waals surface area contributed by atoms with E-state index in [-0.39, 0.29) is 35.2 Å². The third-order valence-corrected chi connectivity index (χ3v) is 7.79. The van der Waals surface area contributed by atoms with Crippen LogP contribution in [-0.4, -0.2) is 58.7 Å². The molecule has 4 heterocycles. The lowest BCUT2D eigenvalue weighted by molar-refractivity contribution is 0.0903. The van der Waals surface area contributed by atoms with Crippen molar-refractivity contribution in [2.75, 3.05) is 35.4 Å². The molecular formula is C21H24F2N6O3S. The molecule has 0 aliphatic carbocycles. The van der Waals surface area contributed by atoms with Crippen molar-refractivity contribution < 1.29 is 21.9 Å². The van der Waals surface area contributed by atoms with E-state index in [1.54, 1.807) is 10.8 Å². The third kappa shape index (κ3) is 4.62. The van der Waals surface area contributed by atoms with Crippen molar-refractivity contribution in [2.45, 2.75) is 37.8 Å². The molecule has 2 N–H and O–H groups in total. The van der Waals surface area contributed by atoms with Gasteiger partial charge >= 0.3 is 0 Å². The first kappa shape index (κ1) is 22.0. The van der Waals surface area contributed by atoms with Gasteiger partial charge in [0.15, 0.2) is 5.65 Å². The Balaban J connectivity index is 1.55. The van der Waals surface area contributed by atoms with Crippen molar-refractivity contribution in [3.8, 4) is 0 Å². The van der Waals surface area contributed by atoms with Gasteiger partial charge in [0, 0.05) is 25.3 Å². The zero-order chi connectivity index (χ0) is 23.0. The van der Waals surface area contributed by atoms with Crippen LogP contribution in [0.25, 0.3) is 11.2 Å². The quantitative estimate of drug-likeness (QED) is 0.575. The minimum atomic E-state index is -3.10. The van der Waals surface area contributed by atoms with E-state index in [0.29, 0.717) is 43.2 Å². The summed E-state index contributed by atoms with van der Waals surface area (Å²) in [5.41, 5.74) is 0.592. The number of anilines is 3. The molecular weight excluding hydrogens is 454 g/mol. The van der Waals surface area contributed by atoms with Crippen molar-refractivity contribution in [1.82, 2.24) is 19.5 Å². The molecule has 3 aromatic rings. The van der Waals surface area contributed by atoms with E-state index < -0.39 is 21.5 Å². The number of hydrogen-bond donors (Lipinski definition) is 2. The molecule has 0 bridgehead atoms. The van der Waals surface area contributed by atoms with Crippen molar-refractivity contribution >= 4 is 38.6 Å². The van der Waals surface area contributed by atoms with Crippen molar-refractivity contribution in [2.24, 2.45) is 0 Å². The van der Waals surface area contributed by atoms with Gasteiger partial charge in [-0.05, 0) is 37.8 Å². The highest BCUT2D eigenvalue weighted by Crippen LogP contribution is 2.33. The van der Waals surface area contributed by atoms with E-state index in [0.717, 1.165) is 25.0 Å². The fraction of sp³-hybridized carbons (Fsp3) is 0.476. The molecule has 0 saturated carbocycles. The Morgan fingerprint density at radius 2 is 1.73 bits per heavy atom. The van der Waals surface area contributed by atoms with Crippen LogP contribution in [0.15, 0.2) is 24.4 Å². The summed E-state index contributed by atoms with van der Waals surface area (Å²) in [6.45, 7) is 1.33. The highest BCUT2D eigenvalue weighted by molar-refractivity contribution is 7.91. The first-order valence-electron chi connectivity index (χ1n) is 10.9. The number of ether oxygens (including phenoxy) is 1. The van der Waals surface area contributed by atoms with Crippen molar-refractivity contribution in [3.05, 3.63) is 36.0 Å². The summed E-state index contributed by atoms with van der Waals surface area (Å²) in [7, 11) is -3.10. The lowest BCUT2D eigenvalue weighted by atomic mass is 10.1. The molecule has 2 aliphatic heterocycles. The van der Waals surface area contributed by atoms with Crippen LogP contribution < -0.4 is 10.6 Å². The van der Waals surface area contributed by atoms with Crippen LogP contribution in [-0.2, 0) is 14.6 Å². The molecule has 0 amide bonds. The first-order valence-corrected chi connectivity index (χ1v) is 12.7. The van der Waals surface area contributed by atoms with Crippen molar-refractivity contribution in [3.63, 3.8) is 0 Å². The average molecular weight is 479 g/mol. The van der Waals surface area contributed by atoms with Gasteiger partial charge in [-0.25, -0.2) is 27.2 Å². The summed E-state index contributed by atoms with van der Waals surface area (Å²) >= 11 is 0. The highest BCUT2D eigenvalue weighted by Gasteiger charge is 2.29. The maximum absolute atomic E-state index is 14.3. The largest absolute Gasteiger partial charge is 0.381 e. The van der Waals surface area contributed by atoms with E-state index in [2.05, 4.69) is 25.6 Å². The van der Waals surface area contributed by atoms with Gasteiger partial charge in [0.25, 0.3) is 0 Å². The van der Waals surface area contributed by atoms with Crippen LogP contribution >= 0.6 is 0 Å². The van der Waals surface area contributed by atoms with Gasteiger partial charge in [0.1, 0.15) is 32.7 Å². The van der Waals surface area contributed by atoms with Crippen molar-refractivity contribution in [1.29, 1.82) is 0 Å². The molecule has 0 radical (unpaired) electrons. The molecule has 0 unspecified atom stereocenters. The Morgan fingerprint density at radius 1 is 1.03 bits per heavy atom. The maximum Gasteiger partial charge on any atom is 0.224 e. The summed E-state index contributed by atoms with van der Waals surface area (Å²) in [4.78, 5) is 13.5. The Kier molecular flexibility index (Phi) is 5.87. The smallest absolute Gasteiger partial charge is 0.224 e. The molecule has 0 spiro atoms. The van der Waals surface area contributed by atoms with Crippen LogP contribution in [0.5, 0.6) is 0 Å². The monoisotopic (exact) mass is 478 g/mol. The molecule has 2 aromatic heterocycles. The minimum Gasteiger partial charge on any atom is -0.381 e. The van der Waals surface area contributed by atoms with Gasteiger partial charge < -0.3 is 15.4 Å². The van der Waals surface area contributed by atoms with E-state index in [9.17, 15) is 17.2 Å². The fourth-order valence-electron chi connectivity index (χ4n) is 4.28. The van der Waals surface area contributed by atoms with Gasteiger partial charge in [-0.1, -0.05) is 6.07 Å². The number of fused-ring (bicyclic) bond motifs is 1. The van der Waals surface area contributed by atoms with E-state index in [4.69, 9.17) is 4.74 Å². The number of nitrogens with zero attached hydrogens (tertiary/aromatic N) is 4. The predicted octanol–water partition coefficient (Wildman–Crippen LogP) is 3.19. The Hall–Kier alpha value is -2.86. The molecule has 33 heavy (non-hydrogen) atoms. The second-order valence-electron chi connectivity index (χ2n) is 8.34. The average Bonchev–Trinajstić information content (AvgIpc) is 3.14. The number of hydrogen-bond acceptors (Lipinski definition) is 8. The van der Waals surface area contributed by atoms with Crippen LogP contribution in [0, 0.1) is 11.6 Å². The molecule has 12 heteroatoms. The van der Waals surface area contributed by atoms with Gasteiger partial charge in [0.05, 0.1) is 17.7 Å². The summed E-state index contributed by atoms with van der Waals surface area (Å²) in [5, 5.41) is 6.08. The van der Waals surface area contributed by atoms with Crippen LogP contribution in [0.4, 0.5) is 26.4 Å². The summed E-state index contributed by atoms with van der Waals surface area (Å²) < 4.78 is 59.7. The SMILES string of the molecule is O=S1(=O)CCC(n2c(Nc3c(F)cccc3F)nc3cnc(NC4CCOCC4)nc32)CC1. The lowest BCUT2D eigenvalue weighted by Crippen LogP contribution is -2.29. The number of benzene rings is 1. The Bertz CT molecular complexity index is 1240. The molecule has 176 valence electrons. The Morgan fingerprint density at radius 3 is 2.42 bits per heavy atom. The zero-order valence-electron chi connectivity index (χ0n) is 17.8. The molecule has 2 aliphatic rings. The second kappa shape index (κ2) is 8.82. The molecule has 2 saturated heterocycles. The summed E-state index contributed by atoms with van der Waals surface area (Å²) in [6, 6.07) is 3.52. The zero-order valence-corrected chi connectivity index (χ0v) is 18.6. The third-order valence-electron chi connectivity index (χ3n) is 6.08. The highest BCUT2D eigenvalue weighted by atomic mass is 32.2. The number of rotatable bonds is 5. The molecule has 2 fully saturated rings. The van der Waals surface area contributed by atoms with E-state index >= 15 is 0 Å². The molecule has 0 atom stereocenters. The van der Waals surface area contributed by atoms with Crippen LogP contribution in [0.1, 0.15) is 31.7 Å². The maximum atomic E-state index is 14.3. The molecule has 9 nitrogen and oxygen atoms in total. The lowest BCUT2D eigenvalue weighted by Gasteiger charge is -2.26. The second-order valence-corrected chi connectivity index (χ2v) is 10.6. The minimum absolute atomic E-state index is 0.0309. The normalized spacial score (nSPS) is 19.6. The van der Waals surface area contributed by atoms with E-state index in [1.807, 2.05) is 0 Å². The topological polar surface area (TPSA) is 111 Å². The van der Waals surface area contributed by atoms with Gasteiger partial charge in [-0.2, -0.15) is 4.98 Å². The number of para-hydroxylation sites is 1. The number of aromatic nitrogens is 4. The number of sulfone groups is 1. The van der Waals surface area contributed by atoms with Crippen LogP contribution in [0.3, 0.4) is 0 Å². The fourth-order valence-corrected chi connectivity index (χ4v) is 5.75. The van der Waals surface area contributed by atoms with Gasteiger partial charge in [-0.15, -0.1) is 0 Å².